The van der Waals surface area contributed by atoms with Gasteiger partial charge in [-0.1, -0.05) is 43.7 Å². The molecule has 0 radical (unpaired) electrons. The molecule has 1 unspecified atom stereocenters. The largest absolute Gasteiger partial charge is 0.493 e. The number of fused-ring (bicyclic) bond motifs is 1. The zero-order chi connectivity index (χ0) is 16.4. The van der Waals surface area contributed by atoms with Gasteiger partial charge in [-0.05, 0) is 36.6 Å². The molecule has 3 nitrogen and oxygen atoms in total. The van der Waals surface area contributed by atoms with Crippen LogP contribution in [0, 0.1) is 6.92 Å². The first-order valence-corrected chi connectivity index (χ1v) is 8.19. The fourth-order valence-corrected chi connectivity index (χ4v) is 2.92. The van der Waals surface area contributed by atoms with Crippen LogP contribution in [0.25, 0.3) is 0 Å². The van der Waals surface area contributed by atoms with E-state index in [9.17, 15) is 4.79 Å². The summed E-state index contributed by atoms with van der Waals surface area (Å²) in [6.07, 6.45) is 0.798. The number of ether oxygens (including phenoxy) is 1. The van der Waals surface area contributed by atoms with Crippen LogP contribution in [0.1, 0.15) is 59.3 Å². The third kappa shape index (κ3) is 3.39. The van der Waals surface area contributed by atoms with Crippen molar-refractivity contribution in [3.63, 3.8) is 0 Å². The minimum atomic E-state index is -0.0281. The summed E-state index contributed by atoms with van der Waals surface area (Å²) in [6, 6.07) is 14.0. The van der Waals surface area contributed by atoms with Crippen LogP contribution in [-0.2, 0) is 0 Å². The van der Waals surface area contributed by atoms with Crippen molar-refractivity contribution < 1.29 is 9.53 Å². The first-order valence-electron chi connectivity index (χ1n) is 8.19. The van der Waals surface area contributed by atoms with Crippen molar-refractivity contribution in [1.82, 2.24) is 5.32 Å². The number of carbonyl (C=O) groups excluding carboxylic acids is 1. The number of hydrogen-bond acceptors (Lipinski definition) is 2. The maximum Gasteiger partial charge on any atom is 0.251 e. The Morgan fingerprint density at radius 2 is 1.91 bits per heavy atom. The smallest absolute Gasteiger partial charge is 0.251 e. The van der Waals surface area contributed by atoms with Crippen molar-refractivity contribution in [2.24, 2.45) is 0 Å². The monoisotopic (exact) mass is 309 g/mol. The van der Waals surface area contributed by atoms with Crippen LogP contribution in [0.5, 0.6) is 5.75 Å². The molecule has 3 rings (SSSR count). The minimum absolute atomic E-state index is 0.0101. The molecule has 1 amide bonds. The van der Waals surface area contributed by atoms with E-state index in [2.05, 4.69) is 32.2 Å². The summed E-state index contributed by atoms with van der Waals surface area (Å²) in [5.74, 6) is 1.32. The Balaban J connectivity index is 1.77. The van der Waals surface area contributed by atoms with Gasteiger partial charge in [-0.25, -0.2) is 0 Å². The topological polar surface area (TPSA) is 38.3 Å². The van der Waals surface area contributed by atoms with Gasteiger partial charge in [0, 0.05) is 17.5 Å². The molecular weight excluding hydrogens is 286 g/mol. The highest BCUT2D eigenvalue weighted by molar-refractivity contribution is 5.94. The van der Waals surface area contributed by atoms with Crippen LogP contribution in [0.15, 0.2) is 42.5 Å². The Kier molecular flexibility index (Phi) is 4.37. The number of rotatable bonds is 3. The molecule has 1 aliphatic heterocycles. The number of aryl methyl sites for hydroxylation is 1. The van der Waals surface area contributed by atoms with E-state index in [4.69, 9.17) is 4.74 Å². The lowest BCUT2D eigenvalue weighted by molar-refractivity contribution is 0.0924. The quantitative estimate of drug-likeness (QED) is 0.914. The first kappa shape index (κ1) is 15.6. The highest BCUT2D eigenvalue weighted by Gasteiger charge is 2.23. The van der Waals surface area contributed by atoms with E-state index >= 15 is 0 Å². The van der Waals surface area contributed by atoms with Gasteiger partial charge in [0.2, 0.25) is 0 Å². The summed E-state index contributed by atoms with van der Waals surface area (Å²) in [4.78, 5) is 12.5. The fraction of sp³-hybridized carbons (Fsp3) is 0.350. The van der Waals surface area contributed by atoms with Crippen molar-refractivity contribution in [2.45, 2.75) is 39.2 Å². The van der Waals surface area contributed by atoms with Gasteiger partial charge in [0.05, 0.1) is 12.6 Å². The van der Waals surface area contributed by atoms with Crippen LogP contribution in [0.4, 0.5) is 0 Å². The van der Waals surface area contributed by atoms with Gasteiger partial charge in [0.15, 0.2) is 0 Å². The second-order valence-electron chi connectivity index (χ2n) is 6.48. The van der Waals surface area contributed by atoms with Crippen LogP contribution >= 0.6 is 0 Å². The molecule has 0 saturated heterocycles. The number of carbonyl (C=O) groups is 1. The number of nitrogens with one attached hydrogen (secondary N) is 1. The third-order valence-corrected chi connectivity index (χ3v) is 4.35. The van der Waals surface area contributed by atoms with Crippen molar-refractivity contribution >= 4 is 5.91 Å². The zero-order valence-corrected chi connectivity index (χ0v) is 13.9. The number of amides is 1. The predicted octanol–water partition coefficient (Wildman–Crippen LogP) is 4.37. The molecule has 23 heavy (non-hydrogen) atoms. The van der Waals surface area contributed by atoms with Crippen molar-refractivity contribution in [3.8, 4) is 5.75 Å². The van der Waals surface area contributed by atoms with Gasteiger partial charge in [-0.2, -0.15) is 0 Å². The van der Waals surface area contributed by atoms with Crippen molar-refractivity contribution in [1.29, 1.82) is 0 Å². The van der Waals surface area contributed by atoms with E-state index in [1.165, 1.54) is 11.1 Å². The molecule has 0 fully saturated rings. The van der Waals surface area contributed by atoms with Crippen LogP contribution in [-0.4, -0.2) is 12.5 Å². The second-order valence-corrected chi connectivity index (χ2v) is 6.48. The SMILES string of the molecule is Cc1ccc2c(c1)C(NC(=O)c1ccc(C(C)C)cc1)CCO2. The summed E-state index contributed by atoms with van der Waals surface area (Å²) >= 11 is 0. The minimum Gasteiger partial charge on any atom is -0.493 e. The Hall–Kier alpha value is -2.29. The van der Waals surface area contributed by atoms with E-state index < -0.39 is 0 Å². The molecule has 0 aliphatic carbocycles. The van der Waals surface area contributed by atoms with Gasteiger partial charge in [-0.3, -0.25) is 4.79 Å². The molecule has 0 bridgehead atoms. The standard InChI is InChI=1S/C20H23NO2/c1-13(2)15-5-7-16(8-6-15)20(22)21-18-10-11-23-19-9-4-14(3)12-17(18)19/h4-9,12-13,18H,10-11H2,1-3H3,(H,21,22). The normalized spacial score (nSPS) is 16.6. The molecule has 0 saturated carbocycles. The summed E-state index contributed by atoms with van der Waals surface area (Å²) in [6.45, 7) is 6.98. The van der Waals surface area contributed by atoms with Crippen LogP contribution in [0.2, 0.25) is 0 Å². The lowest BCUT2D eigenvalue weighted by Crippen LogP contribution is -2.32. The summed E-state index contributed by atoms with van der Waals surface area (Å²) in [5.41, 5.74) is 4.20. The molecule has 0 aromatic heterocycles. The summed E-state index contributed by atoms with van der Waals surface area (Å²) < 4.78 is 5.69. The second kappa shape index (κ2) is 6.45. The Bertz CT molecular complexity index is 704. The van der Waals surface area contributed by atoms with Gasteiger partial charge < -0.3 is 10.1 Å². The Morgan fingerprint density at radius 1 is 1.17 bits per heavy atom. The van der Waals surface area contributed by atoms with E-state index in [0.29, 0.717) is 18.1 Å². The first-order chi connectivity index (χ1) is 11.0. The van der Waals surface area contributed by atoms with Crippen molar-refractivity contribution in [2.75, 3.05) is 6.61 Å². The molecule has 1 N–H and O–H groups in total. The van der Waals surface area contributed by atoms with Crippen LogP contribution in [0.3, 0.4) is 0 Å². The maximum absolute atomic E-state index is 12.5. The van der Waals surface area contributed by atoms with Crippen LogP contribution < -0.4 is 10.1 Å². The average molecular weight is 309 g/mol. The molecule has 1 atom stereocenters. The molecule has 1 aliphatic rings. The fourth-order valence-electron chi connectivity index (χ4n) is 2.92. The van der Waals surface area contributed by atoms with E-state index in [-0.39, 0.29) is 11.9 Å². The molecule has 3 heteroatoms. The molecular formula is C20H23NO2. The lowest BCUT2D eigenvalue weighted by atomic mass is 9.97. The predicted molar refractivity (Wildman–Crippen MR) is 92.0 cm³/mol. The highest BCUT2D eigenvalue weighted by atomic mass is 16.5. The maximum atomic E-state index is 12.5. The van der Waals surface area contributed by atoms with Gasteiger partial charge in [0.1, 0.15) is 5.75 Å². The molecule has 2 aromatic rings. The summed E-state index contributed by atoms with van der Waals surface area (Å²) in [5, 5.41) is 3.15. The van der Waals surface area contributed by atoms with Gasteiger partial charge >= 0.3 is 0 Å². The van der Waals surface area contributed by atoms with E-state index in [1.807, 2.05) is 36.4 Å². The van der Waals surface area contributed by atoms with E-state index in [0.717, 1.165) is 17.7 Å². The number of hydrogen-bond donors (Lipinski definition) is 1. The average Bonchev–Trinajstić information content (AvgIpc) is 2.55. The number of benzene rings is 2. The Labute approximate surface area is 137 Å². The zero-order valence-electron chi connectivity index (χ0n) is 13.9. The molecule has 2 aromatic carbocycles. The van der Waals surface area contributed by atoms with E-state index in [1.54, 1.807) is 0 Å². The van der Waals surface area contributed by atoms with Gasteiger partial charge in [0.25, 0.3) is 5.91 Å². The van der Waals surface area contributed by atoms with Crippen molar-refractivity contribution in [3.05, 3.63) is 64.7 Å². The molecule has 1 heterocycles. The molecule has 120 valence electrons. The van der Waals surface area contributed by atoms with Gasteiger partial charge in [-0.15, -0.1) is 0 Å². The third-order valence-electron chi connectivity index (χ3n) is 4.35. The highest BCUT2D eigenvalue weighted by Crippen LogP contribution is 2.32. The summed E-state index contributed by atoms with van der Waals surface area (Å²) in [7, 11) is 0. The Morgan fingerprint density at radius 3 is 2.61 bits per heavy atom. The lowest BCUT2D eigenvalue weighted by Gasteiger charge is -2.27. The molecule has 0 spiro atoms.